The molecule has 0 bridgehead atoms. The van der Waals surface area contributed by atoms with E-state index in [9.17, 15) is 5.11 Å². The van der Waals surface area contributed by atoms with Crippen molar-refractivity contribution in [3.8, 4) is 0 Å². The Labute approximate surface area is 100 Å². The molecule has 4 nitrogen and oxygen atoms in total. The fraction of sp³-hybridized carbons (Fsp3) is 0.636. The average molecular weight is 242 g/mol. The quantitative estimate of drug-likeness (QED) is 0.848. The van der Waals surface area contributed by atoms with Gasteiger partial charge in [-0.25, -0.2) is 0 Å². The summed E-state index contributed by atoms with van der Waals surface area (Å²) in [6, 6.07) is 3.51. The van der Waals surface area contributed by atoms with Crippen LogP contribution < -0.4 is 5.32 Å². The molecule has 1 aromatic rings. The van der Waals surface area contributed by atoms with Gasteiger partial charge in [-0.2, -0.15) is 0 Å². The number of aliphatic hydroxyl groups is 1. The molecule has 1 aliphatic rings. The van der Waals surface area contributed by atoms with Gasteiger partial charge in [-0.3, -0.25) is 0 Å². The largest absolute Gasteiger partial charge is 0.396 e. The number of rotatable bonds is 4. The van der Waals surface area contributed by atoms with Gasteiger partial charge in [0.15, 0.2) is 5.15 Å². The van der Waals surface area contributed by atoms with Crippen molar-refractivity contribution in [3.63, 3.8) is 0 Å². The maximum atomic E-state index is 9.44. The lowest BCUT2D eigenvalue weighted by Gasteiger charge is -2.26. The van der Waals surface area contributed by atoms with E-state index in [1.165, 1.54) is 12.8 Å². The monoisotopic (exact) mass is 241 g/mol. The summed E-state index contributed by atoms with van der Waals surface area (Å²) in [4.78, 5) is 0. The van der Waals surface area contributed by atoms with Crippen LogP contribution in [0.5, 0.6) is 0 Å². The molecule has 1 fully saturated rings. The van der Waals surface area contributed by atoms with Crippen molar-refractivity contribution in [1.29, 1.82) is 0 Å². The fourth-order valence-corrected chi connectivity index (χ4v) is 2.30. The molecule has 1 heterocycles. The molecule has 0 spiro atoms. The first-order chi connectivity index (χ1) is 7.74. The summed E-state index contributed by atoms with van der Waals surface area (Å²) in [5.41, 5.74) is 0.0291. The third kappa shape index (κ3) is 2.62. The van der Waals surface area contributed by atoms with Crippen LogP contribution in [0.15, 0.2) is 12.1 Å². The second kappa shape index (κ2) is 4.97. The predicted molar refractivity (Wildman–Crippen MR) is 63.5 cm³/mol. The van der Waals surface area contributed by atoms with Crippen molar-refractivity contribution in [2.45, 2.75) is 25.7 Å². The van der Waals surface area contributed by atoms with E-state index in [4.69, 9.17) is 11.6 Å². The van der Waals surface area contributed by atoms with Crippen molar-refractivity contribution in [2.24, 2.45) is 5.41 Å². The summed E-state index contributed by atoms with van der Waals surface area (Å²) in [6.07, 6.45) is 4.57. The van der Waals surface area contributed by atoms with E-state index in [0.717, 1.165) is 19.4 Å². The zero-order valence-electron chi connectivity index (χ0n) is 9.12. The van der Waals surface area contributed by atoms with Gasteiger partial charge in [0.25, 0.3) is 0 Å². The summed E-state index contributed by atoms with van der Waals surface area (Å²) in [5.74, 6) is 0.712. The van der Waals surface area contributed by atoms with Crippen molar-refractivity contribution < 1.29 is 5.11 Å². The number of nitrogens with zero attached hydrogens (tertiary/aromatic N) is 2. The molecule has 0 amide bonds. The van der Waals surface area contributed by atoms with E-state index in [1.54, 1.807) is 12.1 Å². The van der Waals surface area contributed by atoms with Gasteiger partial charge in [-0.1, -0.05) is 24.4 Å². The second-order valence-corrected chi connectivity index (χ2v) is 4.85. The minimum absolute atomic E-state index is 0.0291. The van der Waals surface area contributed by atoms with E-state index in [-0.39, 0.29) is 12.0 Å². The third-order valence-electron chi connectivity index (χ3n) is 3.28. The maximum absolute atomic E-state index is 9.44. The van der Waals surface area contributed by atoms with E-state index in [0.29, 0.717) is 11.0 Å². The minimum Gasteiger partial charge on any atom is -0.396 e. The van der Waals surface area contributed by atoms with Crippen molar-refractivity contribution >= 4 is 17.4 Å². The molecule has 5 heteroatoms. The molecule has 2 rings (SSSR count). The van der Waals surface area contributed by atoms with Gasteiger partial charge in [-0.15, -0.1) is 10.2 Å². The van der Waals surface area contributed by atoms with Crippen LogP contribution in [0.2, 0.25) is 5.15 Å². The molecular weight excluding hydrogens is 226 g/mol. The van der Waals surface area contributed by atoms with Gasteiger partial charge in [0.2, 0.25) is 0 Å². The van der Waals surface area contributed by atoms with Crippen LogP contribution in [0.4, 0.5) is 5.82 Å². The van der Waals surface area contributed by atoms with Crippen LogP contribution in [0, 0.1) is 5.41 Å². The van der Waals surface area contributed by atoms with Gasteiger partial charge < -0.3 is 10.4 Å². The Morgan fingerprint density at radius 3 is 2.62 bits per heavy atom. The Morgan fingerprint density at radius 1 is 1.31 bits per heavy atom. The topological polar surface area (TPSA) is 58.0 Å². The molecule has 16 heavy (non-hydrogen) atoms. The zero-order valence-corrected chi connectivity index (χ0v) is 9.87. The molecule has 0 radical (unpaired) electrons. The molecule has 0 saturated heterocycles. The lowest BCUT2D eigenvalue weighted by atomic mass is 9.87. The fourth-order valence-electron chi connectivity index (χ4n) is 2.20. The highest BCUT2D eigenvalue weighted by molar-refractivity contribution is 6.29. The van der Waals surface area contributed by atoms with Crippen LogP contribution in [-0.4, -0.2) is 28.5 Å². The summed E-state index contributed by atoms with van der Waals surface area (Å²) in [6.45, 7) is 0.987. The molecule has 1 aliphatic carbocycles. The van der Waals surface area contributed by atoms with Crippen LogP contribution in [0.1, 0.15) is 25.7 Å². The van der Waals surface area contributed by atoms with E-state index in [2.05, 4.69) is 15.5 Å². The molecular formula is C11H16ClN3O. The van der Waals surface area contributed by atoms with Crippen LogP contribution in [0.25, 0.3) is 0 Å². The first-order valence-electron chi connectivity index (χ1n) is 5.58. The maximum Gasteiger partial charge on any atom is 0.151 e. The van der Waals surface area contributed by atoms with Crippen molar-refractivity contribution in [3.05, 3.63) is 17.3 Å². The second-order valence-electron chi connectivity index (χ2n) is 4.46. The highest BCUT2D eigenvalue weighted by atomic mass is 35.5. The Bertz CT molecular complexity index is 336. The van der Waals surface area contributed by atoms with Crippen molar-refractivity contribution in [2.75, 3.05) is 18.5 Å². The Morgan fingerprint density at radius 2 is 2.06 bits per heavy atom. The van der Waals surface area contributed by atoms with Crippen LogP contribution in [-0.2, 0) is 0 Å². The van der Waals surface area contributed by atoms with E-state index < -0.39 is 0 Å². The number of nitrogens with one attached hydrogen (secondary N) is 1. The lowest BCUT2D eigenvalue weighted by Crippen LogP contribution is -2.30. The number of anilines is 1. The van der Waals surface area contributed by atoms with Crippen molar-refractivity contribution in [1.82, 2.24) is 10.2 Å². The first kappa shape index (κ1) is 11.6. The van der Waals surface area contributed by atoms with Crippen LogP contribution in [0.3, 0.4) is 0 Å². The molecule has 0 atom stereocenters. The molecule has 0 unspecified atom stereocenters. The Balaban J connectivity index is 1.93. The highest BCUT2D eigenvalue weighted by Gasteiger charge is 2.32. The third-order valence-corrected chi connectivity index (χ3v) is 3.48. The number of halogens is 1. The Hall–Kier alpha value is -0.870. The first-order valence-corrected chi connectivity index (χ1v) is 5.96. The number of hydrogen-bond acceptors (Lipinski definition) is 4. The molecule has 2 N–H and O–H groups in total. The highest BCUT2D eigenvalue weighted by Crippen LogP contribution is 2.37. The summed E-state index contributed by atoms with van der Waals surface area (Å²) in [7, 11) is 0. The smallest absolute Gasteiger partial charge is 0.151 e. The molecule has 0 aliphatic heterocycles. The lowest BCUT2D eigenvalue weighted by molar-refractivity contribution is 0.142. The standard InChI is InChI=1S/C11H16ClN3O/c12-9-3-4-10(15-14-9)13-7-11(8-16)5-1-2-6-11/h3-4,16H,1-2,5-8H2,(H,13,15). The normalized spacial score (nSPS) is 18.6. The summed E-state index contributed by atoms with van der Waals surface area (Å²) >= 11 is 5.65. The molecule has 0 aromatic carbocycles. The zero-order chi connectivity index (χ0) is 11.4. The SMILES string of the molecule is OCC1(CNc2ccc(Cl)nn2)CCCC1. The molecule has 1 aromatic heterocycles. The summed E-state index contributed by atoms with van der Waals surface area (Å²) in [5, 5.41) is 20.7. The van der Waals surface area contributed by atoms with Gasteiger partial charge in [-0.05, 0) is 25.0 Å². The minimum atomic E-state index is 0.0291. The number of aliphatic hydroxyl groups excluding tert-OH is 1. The predicted octanol–water partition coefficient (Wildman–Crippen LogP) is 2.09. The van der Waals surface area contributed by atoms with Gasteiger partial charge in [0.1, 0.15) is 5.82 Å². The summed E-state index contributed by atoms with van der Waals surface area (Å²) < 4.78 is 0. The van der Waals surface area contributed by atoms with Gasteiger partial charge >= 0.3 is 0 Å². The van der Waals surface area contributed by atoms with Gasteiger partial charge in [0, 0.05) is 12.0 Å². The van der Waals surface area contributed by atoms with Gasteiger partial charge in [0.05, 0.1) is 6.61 Å². The number of aromatic nitrogens is 2. The number of hydrogen-bond donors (Lipinski definition) is 2. The molecule has 88 valence electrons. The molecule has 1 saturated carbocycles. The van der Waals surface area contributed by atoms with E-state index in [1.807, 2.05) is 0 Å². The Kier molecular flexibility index (Phi) is 3.61. The average Bonchev–Trinajstić information content (AvgIpc) is 2.78. The van der Waals surface area contributed by atoms with E-state index >= 15 is 0 Å². The van der Waals surface area contributed by atoms with Crippen LogP contribution >= 0.6 is 11.6 Å².